The average molecular weight is 423 g/mol. The van der Waals surface area contributed by atoms with Gasteiger partial charge in [0.2, 0.25) is 0 Å². The molecule has 0 atom stereocenters. The van der Waals surface area contributed by atoms with Crippen LogP contribution < -0.4 is 10.6 Å². The molecule has 1 aliphatic carbocycles. The van der Waals surface area contributed by atoms with Crippen LogP contribution in [0.5, 0.6) is 0 Å². The second kappa shape index (κ2) is 9.71. The Morgan fingerprint density at radius 3 is 2.20 bits per heavy atom. The normalized spacial score (nSPS) is 19.4. The van der Waals surface area contributed by atoms with Crippen LogP contribution in [0.4, 0.5) is 17.6 Å². The molecule has 0 radical (unpaired) electrons. The summed E-state index contributed by atoms with van der Waals surface area (Å²) in [7, 11) is 0. The van der Waals surface area contributed by atoms with Crippen molar-refractivity contribution < 1.29 is 27.5 Å². The number of aliphatic hydroxyl groups is 1. The molecule has 30 heavy (non-hydrogen) atoms. The van der Waals surface area contributed by atoms with Gasteiger partial charge in [0.25, 0.3) is 5.91 Å². The first kappa shape index (κ1) is 21.8. The van der Waals surface area contributed by atoms with E-state index in [-0.39, 0.29) is 30.2 Å². The second-order valence-electron chi connectivity index (χ2n) is 7.15. The van der Waals surface area contributed by atoms with Gasteiger partial charge in [-0.3, -0.25) is 10.1 Å². The van der Waals surface area contributed by atoms with Gasteiger partial charge >= 0.3 is 0 Å². The number of aliphatic hydroxyl groups excluding tert-OH is 1. The highest BCUT2D eigenvalue weighted by atomic mass is 19.2. The maximum absolute atomic E-state index is 13.4. The zero-order valence-electron chi connectivity index (χ0n) is 16.0. The zero-order valence-corrected chi connectivity index (χ0v) is 16.0. The van der Waals surface area contributed by atoms with Crippen LogP contribution in [0.2, 0.25) is 0 Å². The van der Waals surface area contributed by atoms with Gasteiger partial charge in [-0.25, -0.2) is 22.6 Å². The van der Waals surface area contributed by atoms with Gasteiger partial charge in [-0.05, 0) is 61.6 Å². The van der Waals surface area contributed by atoms with Gasteiger partial charge < -0.3 is 10.4 Å². The molecule has 0 heterocycles. The second-order valence-corrected chi connectivity index (χ2v) is 7.15. The molecule has 1 fully saturated rings. The topological polar surface area (TPSA) is 73.7 Å². The molecular weight excluding hydrogens is 402 g/mol. The third-order valence-corrected chi connectivity index (χ3v) is 4.86. The number of nitrogens with one attached hydrogen (secondary N) is 2. The minimum absolute atomic E-state index is 0.0487. The Labute approximate surface area is 170 Å². The Hall–Kier alpha value is -2.94. The average Bonchev–Trinajstić information content (AvgIpc) is 2.72. The van der Waals surface area contributed by atoms with Crippen LogP contribution in [0.1, 0.15) is 41.6 Å². The third kappa shape index (κ3) is 5.79. The summed E-state index contributed by atoms with van der Waals surface area (Å²) in [6, 6.07) is 6.04. The van der Waals surface area contributed by atoms with Crippen LogP contribution >= 0.6 is 0 Å². The van der Waals surface area contributed by atoms with E-state index in [0.29, 0.717) is 31.2 Å². The summed E-state index contributed by atoms with van der Waals surface area (Å²) in [6.45, 7) is -0.0487. The molecule has 1 saturated carbocycles. The Bertz CT molecular complexity index is 944. The standard InChI is InChI=1S/C21H21F4N3O2/c22-16-7-1-12(9-18(16)24)11-26-21(27-14-3-5-15(29)6-4-14)28-20(30)13-2-8-17(23)19(25)10-13/h1-2,7-10,14-15,29H,3-6,11H2,(H2,26,27,28,30). The molecule has 0 unspecified atom stereocenters. The van der Waals surface area contributed by atoms with E-state index >= 15 is 0 Å². The molecule has 0 aromatic heterocycles. The number of aliphatic imine (C=N–C) groups is 1. The van der Waals surface area contributed by atoms with Crippen LogP contribution in [0, 0.1) is 23.3 Å². The molecule has 2 aromatic carbocycles. The van der Waals surface area contributed by atoms with E-state index in [1.165, 1.54) is 6.07 Å². The van der Waals surface area contributed by atoms with Crippen molar-refractivity contribution >= 4 is 11.9 Å². The molecule has 9 heteroatoms. The van der Waals surface area contributed by atoms with E-state index in [9.17, 15) is 27.5 Å². The van der Waals surface area contributed by atoms with Gasteiger partial charge in [-0.2, -0.15) is 0 Å². The predicted molar refractivity (Wildman–Crippen MR) is 103 cm³/mol. The van der Waals surface area contributed by atoms with E-state index in [0.717, 1.165) is 30.3 Å². The number of amides is 1. The number of carbonyl (C=O) groups is 1. The van der Waals surface area contributed by atoms with Crippen molar-refractivity contribution in [2.75, 3.05) is 0 Å². The lowest BCUT2D eigenvalue weighted by atomic mass is 9.93. The monoisotopic (exact) mass is 423 g/mol. The van der Waals surface area contributed by atoms with Gasteiger partial charge in [-0.15, -0.1) is 0 Å². The highest BCUT2D eigenvalue weighted by Crippen LogP contribution is 2.18. The molecule has 5 nitrogen and oxygen atoms in total. The van der Waals surface area contributed by atoms with Gasteiger partial charge in [0.15, 0.2) is 29.2 Å². The number of hydrogen-bond donors (Lipinski definition) is 3. The first-order chi connectivity index (χ1) is 14.3. The van der Waals surface area contributed by atoms with Crippen LogP contribution in [0.3, 0.4) is 0 Å². The molecule has 160 valence electrons. The van der Waals surface area contributed by atoms with Gasteiger partial charge in [-0.1, -0.05) is 6.07 Å². The first-order valence-electron chi connectivity index (χ1n) is 9.51. The SMILES string of the molecule is O=C(NC(=NCc1ccc(F)c(F)c1)NC1CCC(O)CC1)c1ccc(F)c(F)c1. The van der Waals surface area contributed by atoms with E-state index in [1.807, 2.05) is 0 Å². The van der Waals surface area contributed by atoms with Crippen LogP contribution in [-0.2, 0) is 6.54 Å². The van der Waals surface area contributed by atoms with E-state index in [4.69, 9.17) is 0 Å². The lowest BCUT2D eigenvalue weighted by Crippen LogP contribution is -2.47. The molecule has 1 aliphatic rings. The maximum atomic E-state index is 13.4. The summed E-state index contributed by atoms with van der Waals surface area (Å²) in [6.07, 6.45) is 2.09. The number of guanidine groups is 1. The van der Waals surface area contributed by atoms with Crippen molar-refractivity contribution in [2.45, 2.75) is 44.4 Å². The summed E-state index contributed by atoms with van der Waals surface area (Å²) < 4.78 is 53.1. The summed E-state index contributed by atoms with van der Waals surface area (Å²) >= 11 is 0. The van der Waals surface area contributed by atoms with Gasteiger partial charge in [0.05, 0.1) is 12.6 Å². The number of carbonyl (C=O) groups excluding carboxylic acids is 1. The van der Waals surface area contributed by atoms with Crippen LogP contribution in [0.25, 0.3) is 0 Å². The first-order valence-corrected chi connectivity index (χ1v) is 9.51. The molecule has 0 spiro atoms. The summed E-state index contributed by atoms with van der Waals surface area (Å²) in [5, 5.41) is 15.2. The van der Waals surface area contributed by atoms with Crippen LogP contribution in [-0.4, -0.2) is 29.1 Å². The molecule has 0 saturated heterocycles. The summed E-state index contributed by atoms with van der Waals surface area (Å²) in [5.74, 6) is -4.86. The quantitative estimate of drug-likeness (QED) is 0.401. The largest absolute Gasteiger partial charge is 0.393 e. The fourth-order valence-corrected chi connectivity index (χ4v) is 3.16. The van der Waals surface area contributed by atoms with Crippen LogP contribution in [0.15, 0.2) is 41.4 Å². The van der Waals surface area contributed by atoms with Crippen molar-refractivity contribution in [3.63, 3.8) is 0 Å². The Morgan fingerprint density at radius 2 is 1.57 bits per heavy atom. The molecular formula is C21H21F4N3O2. The fraction of sp³-hybridized carbons (Fsp3) is 0.333. The zero-order chi connectivity index (χ0) is 21.7. The minimum Gasteiger partial charge on any atom is -0.393 e. The van der Waals surface area contributed by atoms with E-state index in [2.05, 4.69) is 15.6 Å². The van der Waals surface area contributed by atoms with Crippen molar-refractivity contribution in [1.29, 1.82) is 0 Å². The van der Waals surface area contributed by atoms with E-state index < -0.39 is 29.2 Å². The predicted octanol–water partition coefficient (Wildman–Crippen LogP) is 3.42. The molecule has 1 amide bonds. The minimum atomic E-state index is -1.16. The molecule has 3 N–H and O–H groups in total. The maximum Gasteiger partial charge on any atom is 0.258 e. The summed E-state index contributed by atoms with van der Waals surface area (Å²) in [4.78, 5) is 16.7. The number of hydrogen-bond acceptors (Lipinski definition) is 3. The number of halogens is 4. The number of nitrogens with zero attached hydrogens (tertiary/aromatic N) is 1. The van der Waals surface area contributed by atoms with Gasteiger partial charge in [0.1, 0.15) is 0 Å². The molecule has 0 bridgehead atoms. The van der Waals surface area contributed by atoms with Gasteiger partial charge in [0, 0.05) is 11.6 Å². The lowest BCUT2D eigenvalue weighted by molar-refractivity contribution is 0.0972. The number of rotatable bonds is 4. The van der Waals surface area contributed by atoms with Crippen molar-refractivity contribution in [3.8, 4) is 0 Å². The Balaban J connectivity index is 1.76. The smallest absolute Gasteiger partial charge is 0.258 e. The Morgan fingerprint density at radius 1 is 0.933 bits per heavy atom. The number of benzene rings is 2. The third-order valence-electron chi connectivity index (χ3n) is 4.86. The molecule has 3 rings (SSSR count). The van der Waals surface area contributed by atoms with E-state index in [1.54, 1.807) is 0 Å². The summed E-state index contributed by atoms with van der Waals surface area (Å²) in [5.41, 5.74) is 0.282. The highest BCUT2D eigenvalue weighted by Gasteiger charge is 2.21. The highest BCUT2D eigenvalue weighted by molar-refractivity contribution is 6.05. The van der Waals surface area contributed by atoms with Crippen molar-refractivity contribution in [3.05, 3.63) is 70.8 Å². The van der Waals surface area contributed by atoms with Crippen molar-refractivity contribution in [1.82, 2.24) is 10.6 Å². The molecule has 0 aliphatic heterocycles. The van der Waals surface area contributed by atoms with Crippen molar-refractivity contribution in [2.24, 2.45) is 4.99 Å². The lowest BCUT2D eigenvalue weighted by Gasteiger charge is -2.27. The fourth-order valence-electron chi connectivity index (χ4n) is 3.16. The molecule has 2 aromatic rings. The Kier molecular flexibility index (Phi) is 7.04.